The van der Waals surface area contributed by atoms with Gasteiger partial charge in [-0.3, -0.25) is 9.69 Å². The first-order chi connectivity index (χ1) is 18.8. The zero-order chi connectivity index (χ0) is 27.4. The second kappa shape index (κ2) is 12.1. The Hall–Kier alpha value is -2.84. The van der Waals surface area contributed by atoms with E-state index in [1.807, 2.05) is 24.3 Å². The number of sulfonamides is 1. The fourth-order valence-corrected chi connectivity index (χ4v) is 6.72. The topological polar surface area (TPSA) is 127 Å². The maximum Gasteiger partial charge on any atom is 0.246 e. The lowest BCUT2D eigenvalue weighted by molar-refractivity contribution is -0.121. The number of ether oxygens (including phenoxy) is 2. The third-order valence-electron chi connectivity index (χ3n) is 6.89. The van der Waals surface area contributed by atoms with Crippen LogP contribution in [-0.4, -0.2) is 80.2 Å². The summed E-state index contributed by atoms with van der Waals surface area (Å²) in [5.74, 6) is 0.971. The predicted molar refractivity (Wildman–Crippen MR) is 147 cm³/mol. The minimum Gasteiger partial charge on any atom is -0.495 e. The van der Waals surface area contributed by atoms with E-state index in [0.29, 0.717) is 63.1 Å². The number of anilines is 1. The second-order valence-corrected chi connectivity index (χ2v) is 12.3. The fraction of sp³-hybridized carbons (Fsp3) is 0.423. The number of halogens is 1. The number of hydrogen-bond acceptors (Lipinski definition) is 9. The molecule has 2 aliphatic rings. The summed E-state index contributed by atoms with van der Waals surface area (Å²) in [5.41, 5.74) is 1.29. The molecule has 1 N–H and O–H groups in total. The van der Waals surface area contributed by atoms with Crippen molar-refractivity contribution >= 4 is 37.5 Å². The molecule has 0 saturated carbocycles. The van der Waals surface area contributed by atoms with Crippen LogP contribution < -0.4 is 10.1 Å². The highest BCUT2D eigenvalue weighted by molar-refractivity contribution is 9.10. The predicted octanol–water partition coefficient (Wildman–Crippen LogP) is 3.38. The number of methoxy groups -OCH3 is 1. The molecule has 0 unspecified atom stereocenters. The molecular formula is C26H30BrN5O6S. The maximum atomic E-state index is 13.2. The van der Waals surface area contributed by atoms with Crippen LogP contribution in [-0.2, 0) is 26.1 Å². The quantitative estimate of drug-likeness (QED) is 0.403. The molecule has 208 valence electrons. The molecule has 1 aromatic heterocycles. The summed E-state index contributed by atoms with van der Waals surface area (Å²) in [6.07, 6.45) is 1.32. The number of nitrogens with one attached hydrogen (secondary N) is 1. The van der Waals surface area contributed by atoms with E-state index in [0.717, 1.165) is 10.0 Å². The van der Waals surface area contributed by atoms with Crippen LogP contribution >= 0.6 is 15.9 Å². The smallest absolute Gasteiger partial charge is 0.246 e. The summed E-state index contributed by atoms with van der Waals surface area (Å²) in [4.78, 5) is 19.8. The number of aromatic nitrogens is 2. The van der Waals surface area contributed by atoms with Crippen molar-refractivity contribution in [3.05, 3.63) is 52.8 Å². The lowest BCUT2D eigenvalue weighted by Crippen LogP contribution is -2.40. The first-order valence-corrected chi connectivity index (χ1v) is 14.9. The summed E-state index contributed by atoms with van der Waals surface area (Å²) in [6, 6.07) is 12.4. The Bertz CT molecular complexity index is 1420. The number of amides is 1. The van der Waals surface area contributed by atoms with Crippen LogP contribution in [0.1, 0.15) is 18.7 Å². The molecule has 5 rings (SSSR count). The number of morpholine rings is 1. The Kier molecular flexibility index (Phi) is 8.62. The van der Waals surface area contributed by atoms with E-state index in [9.17, 15) is 13.2 Å². The van der Waals surface area contributed by atoms with Crippen LogP contribution in [0.3, 0.4) is 0 Å². The van der Waals surface area contributed by atoms with E-state index in [1.54, 1.807) is 12.1 Å². The molecule has 13 heteroatoms. The van der Waals surface area contributed by atoms with Crippen LogP contribution in [0, 0.1) is 5.92 Å². The number of carbonyl (C=O) groups is 1. The highest BCUT2D eigenvalue weighted by atomic mass is 79.9. The maximum absolute atomic E-state index is 13.2. The molecular weight excluding hydrogens is 590 g/mol. The Morgan fingerprint density at radius 1 is 1.13 bits per heavy atom. The average molecular weight is 621 g/mol. The van der Waals surface area contributed by atoms with Gasteiger partial charge in [-0.25, -0.2) is 8.42 Å². The van der Waals surface area contributed by atoms with Crippen LogP contribution in [0.5, 0.6) is 5.75 Å². The Morgan fingerprint density at radius 3 is 2.62 bits per heavy atom. The molecule has 1 amide bonds. The van der Waals surface area contributed by atoms with Crippen LogP contribution in [0.4, 0.5) is 5.69 Å². The molecule has 2 aromatic carbocycles. The standard InChI is InChI=1S/C26H30BrN5O6S/c1-36-22-6-5-21(16-23(22)39(34,35)32-11-13-37-14-12-32)28-26(33)18-7-9-31(10-8-18)17-24-29-25(30-38-24)19-3-2-4-20(27)15-19/h2-6,15-16,18H,7-14,17H2,1H3,(H,28,33). The van der Waals surface area contributed by atoms with Crippen molar-refractivity contribution < 1.29 is 27.2 Å². The molecule has 3 heterocycles. The zero-order valence-corrected chi connectivity index (χ0v) is 23.9. The van der Waals surface area contributed by atoms with E-state index in [-0.39, 0.29) is 35.6 Å². The average Bonchev–Trinajstić information content (AvgIpc) is 3.42. The number of benzene rings is 2. The minimum absolute atomic E-state index is 0.0290. The second-order valence-electron chi connectivity index (χ2n) is 9.44. The van der Waals surface area contributed by atoms with Gasteiger partial charge in [0.2, 0.25) is 27.6 Å². The molecule has 0 radical (unpaired) electrons. The van der Waals surface area contributed by atoms with Gasteiger partial charge in [-0.1, -0.05) is 33.2 Å². The van der Waals surface area contributed by atoms with Gasteiger partial charge >= 0.3 is 0 Å². The highest BCUT2D eigenvalue weighted by Crippen LogP contribution is 2.31. The van der Waals surface area contributed by atoms with Crippen molar-refractivity contribution in [2.24, 2.45) is 5.92 Å². The Labute approximate surface area is 235 Å². The number of carbonyl (C=O) groups excluding carboxylic acids is 1. The fourth-order valence-electron chi connectivity index (χ4n) is 4.73. The normalized spacial score (nSPS) is 17.7. The molecule has 0 aliphatic carbocycles. The molecule has 0 bridgehead atoms. The SMILES string of the molecule is COc1ccc(NC(=O)C2CCN(Cc3nc(-c4cccc(Br)c4)no3)CC2)cc1S(=O)(=O)N1CCOCC1. The third kappa shape index (κ3) is 6.49. The molecule has 2 fully saturated rings. The van der Waals surface area contributed by atoms with Gasteiger partial charge < -0.3 is 19.3 Å². The van der Waals surface area contributed by atoms with Crippen LogP contribution in [0.2, 0.25) is 0 Å². The van der Waals surface area contributed by atoms with Crippen molar-refractivity contribution in [3.63, 3.8) is 0 Å². The van der Waals surface area contributed by atoms with Gasteiger partial charge in [0.15, 0.2) is 0 Å². The number of likely N-dealkylation sites (tertiary alicyclic amines) is 1. The summed E-state index contributed by atoms with van der Waals surface area (Å²) < 4.78 is 44.9. The highest BCUT2D eigenvalue weighted by Gasteiger charge is 2.31. The van der Waals surface area contributed by atoms with Crippen molar-refractivity contribution in [1.82, 2.24) is 19.3 Å². The molecule has 0 atom stereocenters. The van der Waals surface area contributed by atoms with E-state index >= 15 is 0 Å². The monoisotopic (exact) mass is 619 g/mol. The number of nitrogens with zero attached hydrogens (tertiary/aromatic N) is 4. The summed E-state index contributed by atoms with van der Waals surface area (Å²) >= 11 is 3.45. The largest absolute Gasteiger partial charge is 0.495 e. The van der Waals surface area contributed by atoms with E-state index in [4.69, 9.17) is 14.0 Å². The minimum atomic E-state index is -3.80. The van der Waals surface area contributed by atoms with Gasteiger partial charge in [0.25, 0.3) is 0 Å². The van der Waals surface area contributed by atoms with Crippen molar-refractivity contribution in [3.8, 4) is 17.1 Å². The molecule has 39 heavy (non-hydrogen) atoms. The van der Waals surface area contributed by atoms with Crippen LogP contribution in [0.25, 0.3) is 11.4 Å². The first-order valence-electron chi connectivity index (χ1n) is 12.7. The van der Waals surface area contributed by atoms with Gasteiger partial charge in [-0.05, 0) is 56.3 Å². The Balaban J connectivity index is 1.18. The summed E-state index contributed by atoms with van der Waals surface area (Å²) in [7, 11) is -2.37. The van der Waals surface area contributed by atoms with Gasteiger partial charge in [0, 0.05) is 34.7 Å². The van der Waals surface area contributed by atoms with Gasteiger partial charge in [-0.15, -0.1) is 0 Å². The van der Waals surface area contributed by atoms with Gasteiger partial charge in [0.1, 0.15) is 10.6 Å². The lowest BCUT2D eigenvalue weighted by Gasteiger charge is -2.30. The van der Waals surface area contributed by atoms with Gasteiger partial charge in [0.05, 0.1) is 26.9 Å². The molecule has 2 aliphatic heterocycles. The molecule has 3 aromatic rings. The van der Waals surface area contributed by atoms with E-state index in [1.165, 1.54) is 17.5 Å². The van der Waals surface area contributed by atoms with Crippen LogP contribution in [0.15, 0.2) is 56.4 Å². The zero-order valence-electron chi connectivity index (χ0n) is 21.5. The van der Waals surface area contributed by atoms with Crippen molar-refractivity contribution in [1.29, 1.82) is 0 Å². The van der Waals surface area contributed by atoms with Crippen molar-refractivity contribution in [2.75, 3.05) is 51.8 Å². The summed E-state index contributed by atoms with van der Waals surface area (Å²) in [5, 5.41) is 6.99. The third-order valence-corrected chi connectivity index (χ3v) is 9.30. The lowest BCUT2D eigenvalue weighted by atomic mass is 9.96. The molecule has 2 saturated heterocycles. The van der Waals surface area contributed by atoms with Crippen molar-refractivity contribution in [2.45, 2.75) is 24.3 Å². The molecule has 11 nitrogen and oxygen atoms in total. The van der Waals surface area contributed by atoms with E-state index < -0.39 is 10.0 Å². The first kappa shape index (κ1) is 27.7. The Morgan fingerprint density at radius 2 is 1.90 bits per heavy atom. The number of rotatable bonds is 8. The summed E-state index contributed by atoms with van der Waals surface area (Å²) in [6.45, 7) is 3.14. The number of piperidine rings is 1. The molecule has 0 spiro atoms. The number of hydrogen-bond donors (Lipinski definition) is 1. The van der Waals surface area contributed by atoms with Gasteiger partial charge in [-0.2, -0.15) is 9.29 Å². The van der Waals surface area contributed by atoms with E-state index in [2.05, 4.69) is 36.3 Å².